The van der Waals surface area contributed by atoms with Gasteiger partial charge in [-0.25, -0.2) is 0 Å². The topological polar surface area (TPSA) is 45.1 Å². The third-order valence-corrected chi connectivity index (χ3v) is 11.0. The zero-order valence-electron chi connectivity index (χ0n) is 26.2. The van der Waals surface area contributed by atoms with Crippen LogP contribution in [0.3, 0.4) is 0 Å². The SMILES string of the molecule is CCN1C(=O)C(=C2Sc3ccccc3N2CC)SC1=NCCCCOc1ccc(C(C)(C)CC)cc1C(C)(C)CC. The third kappa shape index (κ3) is 6.67. The first-order chi connectivity index (χ1) is 19.6. The maximum absolute atomic E-state index is 13.4. The lowest BCUT2D eigenvalue weighted by molar-refractivity contribution is -0.122. The van der Waals surface area contributed by atoms with Crippen LogP contribution in [-0.4, -0.2) is 42.2 Å². The number of carbonyl (C=O) groups is 1. The lowest BCUT2D eigenvalue weighted by Gasteiger charge is -2.30. The Morgan fingerprint density at radius 3 is 2.24 bits per heavy atom. The smallest absolute Gasteiger partial charge is 0.269 e. The van der Waals surface area contributed by atoms with Gasteiger partial charge in [-0.2, -0.15) is 0 Å². The summed E-state index contributed by atoms with van der Waals surface area (Å²) in [5.74, 6) is 1.06. The van der Waals surface area contributed by atoms with E-state index in [1.165, 1.54) is 33.5 Å². The van der Waals surface area contributed by atoms with Crippen LogP contribution < -0.4 is 9.64 Å². The van der Waals surface area contributed by atoms with Crippen molar-refractivity contribution in [2.24, 2.45) is 4.99 Å². The standard InChI is InChI=1S/C34H47N3O2S2/c1-9-33(5,6)24-19-20-27(25(23-24)34(7,8)10-2)39-22-16-15-21-35-32-37(12-4)30(38)29(41-32)31-36(11-3)26-17-13-14-18-28(26)40-31/h13-14,17-20,23H,9-12,15-16,21-22H2,1-8H3. The van der Waals surface area contributed by atoms with Gasteiger partial charge in [0, 0.05) is 30.1 Å². The van der Waals surface area contributed by atoms with Crippen molar-refractivity contribution in [3.05, 3.63) is 63.5 Å². The fourth-order valence-electron chi connectivity index (χ4n) is 5.02. The van der Waals surface area contributed by atoms with Crippen molar-refractivity contribution >= 4 is 40.3 Å². The molecule has 41 heavy (non-hydrogen) atoms. The molecular weight excluding hydrogens is 547 g/mol. The van der Waals surface area contributed by atoms with Crippen LogP contribution in [0.25, 0.3) is 0 Å². The number of benzene rings is 2. The third-order valence-electron chi connectivity index (χ3n) is 8.61. The number of amides is 1. The number of nitrogens with zero attached hydrogens (tertiary/aromatic N) is 3. The molecule has 2 aliphatic heterocycles. The summed E-state index contributed by atoms with van der Waals surface area (Å²) in [5, 5.41) is 1.84. The van der Waals surface area contributed by atoms with E-state index in [1.54, 1.807) is 11.8 Å². The number of para-hydroxylation sites is 1. The van der Waals surface area contributed by atoms with Crippen LogP contribution in [0.5, 0.6) is 5.75 Å². The first-order valence-electron chi connectivity index (χ1n) is 15.2. The van der Waals surface area contributed by atoms with Crippen molar-refractivity contribution < 1.29 is 9.53 Å². The van der Waals surface area contributed by atoms with Crippen LogP contribution in [0.4, 0.5) is 5.69 Å². The summed E-state index contributed by atoms with van der Waals surface area (Å²) >= 11 is 3.21. The van der Waals surface area contributed by atoms with Gasteiger partial charge in [0.1, 0.15) is 15.7 Å². The van der Waals surface area contributed by atoms with Crippen LogP contribution in [-0.2, 0) is 15.6 Å². The average Bonchev–Trinajstić information content (AvgIpc) is 3.50. The van der Waals surface area contributed by atoms with Crippen molar-refractivity contribution in [3.8, 4) is 5.75 Å². The summed E-state index contributed by atoms with van der Waals surface area (Å²) in [4.78, 5) is 24.3. The quantitative estimate of drug-likeness (QED) is 0.182. The minimum absolute atomic E-state index is 0.0511. The van der Waals surface area contributed by atoms with Crippen molar-refractivity contribution in [2.75, 3.05) is 31.1 Å². The molecule has 7 heteroatoms. The van der Waals surface area contributed by atoms with E-state index in [1.807, 2.05) is 11.8 Å². The number of likely N-dealkylation sites (N-methyl/N-ethyl adjacent to an activating group) is 1. The number of carbonyl (C=O) groups excluding carboxylic acids is 1. The lowest BCUT2D eigenvalue weighted by atomic mass is 9.76. The number of rotatable bonds is 12. The van der Waals surface area contributed by atoms with Gasteiger partial charge >= 0.3 is 0 Å². The van der Waals surface area contributed by atoms with E-state index >= 15 is 0 Å². The second kappa shape index (κ2) is 13.3. The minimum atomic E-state index is 0.0511. The van der Waals surface area contributed by atoms with Gasteiger partial charge in [0.25, 0.3) is 5.91 Å². The molecule has 2 heterocycles. The Morgan fingerprint density at radius 1 is 0.854 bits per heavy atom. The molecule has 4 rings (SSSR count). The van der Waals surface area contributed by atoms with E-state index in [-0.39, 0.29) is 16.7 Å². The summed E-state index contributed by atoms with van der Waals surface area (Å²) in [7, 11) is 0. The number of hydrogen-bond donors (Lipinski definition) is 0. The first kappa shape index (κ1) is 31.6. The Labute approximate surface area is 256 Å². The lowest BCUT2D eigenvalue weighted by Crippen LogP contribution is -2.29. The van der Waals surface area contributed by atoms with Crippen molar-refractivity contribution in [3.63, 3.8) is 0 Å². The zero-order chi connectivity index (χ0) is 29.8. The van der Waals surface area contributed by atoms with Crippen molar-refractivity contribution in [1.82, 2.24) is 4.90 Å². The number of fused-ring (bicyclic) bond motifs is 1. The molecule has 222 valence electrons. The molecule has 0 aliphatic carbocycles. The van der Waals surface area contributed by atoms with E-state index in [0.717, 1.165) is 53.1 Å². The molecule has 0 aromatic heterocycles. The predicted molar refractivity (Wildman–Crippen MR) is 177 cm³/mol. The molecule has 0 unspecified atom stereocenters. The van der Waals surface area contributed by atoms with Crippen LogP contribution in [0.1, 0.15) is 92.2 Å². The van der Waals surface area contributed by atoms with Gasteiger partial charge in [0.2, 0.25) is 0 Å². The van der Waals surface area contributed by atoms with E-state index in [2.05, 4.69) is 95.8 Å². The molecule has 0 N–H and O–H groups in total. The molecule has 0 saturated carbocycles. The normalized spacial score (nSPS) is 18.5. The van der Waals surface area contributed by atoms with Crippen LogP contribution in [0, 0.1) is 0 Å². The minimum Gasteiger partial charge on any atom is -0.493 e. The zero-order valence-corrected chi connectivity index (χ0v) is 27.8. The second-order valence-corrected chi connectivity index (χ2v) is 14.0. The molecular formula is C34H47N3O2S2. The highest BCUT2D eigenvalue weighted by Crippen LogP contribution is 2.50. The maximum atomic E-state index is 13.4. The van der Waals surface area contributed by atoms with Gasteiger partial charge in [-0.15, -0.1) is 0 Å². The molecule has 1 fully saturated rings. The Kier molecular flexibility index (Phi) is 10.2. The fourth-order valence-corrected chi connectivity index (χ4v) is 7.48. The highest BCUT2D eigenvalue weighted by atomic mass is 32.2. The molecule has 1 saturated heterocycles. The highest BCUT2D eigenvalue weighted by Gasteiger charge is 2.38. The van der Waals surface area contributed by atoms with Gasteiger partial charge in [0.05, 0.1) is 12.3 Å². The van der Waals surface area contributed by atoms with Crippen LogP contribution in [0.2, 0.25) is 0 Å². The van der Waals surface area contributed by atoms with Gasteiger partial charge in [-0.1, -0.05) is 77.6 Å². The number of unbranched alkanes of at least 4 members (excludes halogenated alkanes) is 1. The largest absolute Gasteiger partial charge is 0.493 e. The monoisotopic (exact) mass is 593 g/mol. The van der Waals surface area contributed by atoms with Gasteiger partial charge in [-0.3, -0.25) is 14.7 Å². The summed E-state index contributed by atoms with van der Waals surface area (Å²) < 4.78 is 6.36. The Hall–Kier alpha value is -2.38. The molecule has 1 amide bonds. The second-order valence-electron chi connectivity index (χ2n) is 12.0. The molecule has 0 atom stereocenters. The number of thioether (sulfide) groups is 2. The molecule has 0 bridgehead atoms. The molecule has 0 spiro atoms. The van der Waals surface area contributed by atoms with Crippen LogP contribution >= 0.6 is 23.5 Å². The maximum Gasteiger partial charge on any atom is 0.269 e. The fraction of sp³-hybridized carbons (Fsp3) is 0.529. The van der Waals surface area contributed by atoms with Gasteiger partial charge in [-0.05, 0) is 85.9 Å². The van der Waals surface area contributed by atoms with Gasteiger partial charge in [0.15, 0.2) is 5.17 Å². The summed E-state index contributed by atoms with van der Waals surface area (Å²) in [6.07, 6.45) is 3.98. The molecule has 2 aromatic rings. The Morgan fingerprint density at radius 2 is 1.56 bits per heavy atom. The summed E-state index contributed by atoms with van der Waals surface area (Å²) in [6.45, 7) is 20.7. The van der Waals surface area contributed by atoms with E-state index in [0.29, 0.717) is 19.7 Å². The summed E-state index contributed by atoms with van der Waals surface area (Å²) in [6, 6.07) is 15.1. The molecule has 2 aromatic carbocycles. The highest BCUT2D eigenvalue weighted by molar-refractivity contribution is 8.19. The Bertz CT molecular complexity index is 1310. The van der Waals surface area contributed by atoms with E-state index < -0.39 is 0 Å². The number of amidine groups is 1. The average molecular weight is 594 g/mol. The number of ether oxygens (including phenoxy) is 1. The van der Waals surface area contributed by atoms with Gasteiger partial charge < -0.3 is 9.64 Å². The van der Waals surface area contributed by atoms with E-state index in [4.69, 9.17) is 9.73 Å². The molecule has 5 nitrogen and oxygen atoms in total. The van der Waals surface area contributed by atoms with E-state index in [9.17, 15) is 4.79 Å². The number of anilines is 1. The first-order valence-corrected chi connectivity index (χ1v) is 16.8. The number of aliphatic imine (C=N–C) groups is 1. The van der Waals surface area contributed by atoms with Crippen LogP contribution in [0.15, 0.2) is 62.3 Å². The van der Waals surface area contributed by atoms with Crippen molar-refractivity contribution in [2.45, 2.75) is 96.8 Å². The predicted octanol–water partition coefficient (Wildman–Crippen LogP) is 8.97. The molecule has 0 radical (unpaired) electrons. The van der Waals surface area contributed by atoms with Crippen molar-refractivity contribution in [1.29, 1.82) is 0 Å². The number of hydrogen-bond acceptors (Lipinski definition) is 6. The summed E-state index contributed by atoms with van der Waals surface area (Å²) in [5.41, 5.74) is 4.05. The molecule has 2 aliphatic rings. The Balaban J connectivity index is 1.39.